The minimum atomic E-state index is -4.30. The average Bonchev–Trinajstić information content (AvgIpc) is 2.14. The summed E-state index contributed by atoms with van der Waals surface area (Å²) in [5.74, 6) is 2.34. The minimum absolute atomic E-state index is 0.269. The molecule has 0 heterocycles. The van der Waals surface area contributed by atoms with Gasteiger partial charge >= 0.3 is 6.18 Å². The smallest absolute Gasteiger partial charge is 0.166 e. The molecule has 0 spiro atoms. The van der Waals surface area contributed by atoms with Gasteiger partial charge in [-0.15, -0.1) is 12.3 Å². The molecule has 80 valence electrons. The summed E-state index contributed by atoms with van der Waals surface area (Å²) in [7, 11) is 0. The van der Waals surface area contributed by atoms with Crippen molar-refractivity contribution in [1.82, 2.24) is 0 Å². The number of hydrogen-bond acceptors (Lipinski definition) is 0. The number of alkyl halides is 3. The molecule has 0 radical (unpaired) electrons. The first kappa shape index (κ1) is 11.6. The van der Waals surface area contributed by atoms with Crippen molar-refractivity contribution in [3.8, 4) is 12.3 Å². The van der Waals surface area contributed by atoms with E-state index < -0.39 is 11.7 Å². The minimum Gasteiger partial charge on any atom is -0.166 e. The Kier molecular flexibility index (Phi) is 3.41. The van der Waals surface area contributed by atoms with Crippen molar-refractivity contribution >= 4 is 0 Å². The molecule has 0 bridgehead atoms. The fourth-order valence-electron chi connectivity index (χ4n) is 1.38. The fourth-order valence-corrected chi connectivity index (χ4v) is 1.38. The summed E-state index contributed by atoms with van der Waals surface area (Å²) in [5.41, 5.74) is 0.301. The van der Waals surface area contributed by atoms with Crippen LogP contribution < -0.4 is 0 Å². The molecule has 0 aliphatic carbocycles. The van der Waals surface area contributed by atoms with Gasteiger partial charge in [-0.1, -0.05) is 17.7 Å². The van der Waals surface area contributed by atoms with Crippen molar-refractivity contribution in [2.75, 3.05) is 0 Å². The third-order valence-electron chi connectivity index (χ3n) is 2.11. The zero-order valence-corrected chi connectivity index (χ0v) is 8.36. The third kappa shape index (κ3) is 3.02. The van der Waals surface area contributed by atoms with Gasteiger partial charge in [-0.25, -0.2) is 0 Å². The Morgan fingerprint density at radius 3 is 2.53 bits per heavy atom. The van der Waals surface area contributed by atoms with Crippen molar-refractivity contribution in [1.29, 1.82) is 0 Å². The van der Waals surface area contributed by atoms with Crippen LogP contribution in [-0.4, -0.2) is 0 Å². The van der Waals surface area contributed by atoms with Gasteiger partial charge in [0.05, 0.1) is 5.56 Å². The van der Waals surface area contributed by atoms with Crippen LogP contribution in [0.25, 0.3) is 0 Å². The predicted octanol–water partition coefficient (Wildman–Crippen LogP) is 3.58. The molecule has 0 fully saturated rings. The lowest BCUT2D eigenvalue weighted by atomic mass is 10.0. The Balaban J connectivity index is 3.10. The molecule has 0 aromatic heterocycles. The summed E-state index contributed by atoms with van der Waals surface area (Å²) < 4.78 is 37.8. The Labute approximate surface area is 87.1 Å². The number of benzene rings is 1. The van der Waals surface area contributed by atoms with Gasteiger partial charge in [-0.2, -0.15) is 13.2 Å². The van der Waals surface area contributed by atoms with Crippen LogP contribution in [0.3, 0.4) is 0 Å². The molecule has 0 atom stereocenters. The first-order valence-electron chi connectivity index (χ1n) is 4.55. The van der Waals surface area contributed by atoms with E-state index in [2.05, 4.69) is 5.92 Å². The van der Waals surface area contributed by atoms with Gasteiger partial charge in [-0.05, 0) is 25.0 Å². The Bertz CT molecular complexity index is 383. The zero-order valence-electron chi connectivity index (χ0n) is 8.36. The van der Waals surface area contributed by atoms with Gasteiger partial charge in [0.15, 0.2) is 0 Å². The van der Waals surface area contributed by atoms with Crippen LogP contribution in [0.5, 0.6) is 0 Å². The van der Waals surface area contributed by atoms with E-state index in [-0.39, 0.29) is 12.0 Å². The van der Waals surface area contributed by atoms with E-state index >= 15 is 0 Å². The number of hydrogen-bond donors (Lipinski definition) is 0. The van der Waals surface area contributed by atoms with Gasteiger partial charge < -0.3 is 0 Å². The first-order chi connectivity index (χ1) is 6.95. The quantitative estimate of drug-likeness (QED) is 0.657. The highest BCUT2D eigenvalue weighted by molar-refractivity contribution is 5.34. The van der Waals surface area contributed by atoms with Crippen molar-refractivity contribution in [2.24, 2.45) is 0 Å². The van der Waals surface area contributed by atoms with Crippen molar-refractivity contribution in [2.45, 2.75) is 25.9 Å². The van der Waals surface area contributed by atoms with Crippen LogP contribution in [0, 0.1) is 19.3 Å². The van der Waals surface area contributed by atoms with Gasteiger partial charge in [0.1, 0.15) is 0 Å². The predicted molar refractivity (Wildman–Crippen MR) is 53.3 cm³/mol. The largest absolute Gasteiger partial charge is 0.416 e. The highest BCUT2D eigenvalue weighted by atomic mass is 19.4. The molecular formula is C12H11F3. The van der Waals surface area contributed by atoms with Crippen molar-refractivity contribution in [3.63, 3.8) is 0 Å². The average molecular weight is 212 g/mol. The van der Waals surface area contributed by atoms with E-state index in [1.54, 1.807) is 13.0 Å². The molecule has 1 aromatic rings. The molecule has 15 heavy (non-hydrogen) atoms. The number of terminal acetylenes is 1. The SMILES string of the molecule is C#CCCc1ccc(C)cc1C(F)(F)F. The van der Waals surface area contributed by atoms with E-state index in [1.807, 2.05) is 0 Å². The second-order valence-electron chi connectivity index (χ2n) is 3.36. The molecule has 0 nitrogen and oxygen atoms in total. The molecule has 0 saturated carbocycles. The number of halogens is 3. The first-order valence-corrected chi connectivity index (χ1v) is 4.55. The summed E-state index contributed by atoms with van der Waals surface area (Å²) in [4.78, 5) is 0. The monoisotopic (exact) mass is 212 g/mol. The fraction of sp³-hybridized carbons (Fsp3) is 0.333. The van der Waals surface area contributed by atoms with E-state index in [0.717, 1.165) is 6.07 Å². The number of aryl methyl sites for hydroxylation is 2. The zero-order chi connectivity index (χ0) is 11.5. The molecule has 0 aliphatic rings. The molecule has 0 amide bonds. The van der Waals surface area contributed by atoms with Crippen LogP contribution >= 0.6 is 0 Å². The van der Waals surface area contributed by atoms with Gasteiger partial charge in [-0.3, -0.25) is 0 Å². The maximum atomic E-state index is 12.6. The van der Waals surface area contributed by atoms with Crippen LogP contribution in [0.4, 0.5) is 13.2 Å². The Morgan fingerprint density at radius 2 is 2.00 bits per heavy atom. The topological polar surface area (TPSA) is 0 Å². The second kappa shape index (κ2) is 4.39. The molecule has 1 rings (SSSR count). The highest BCUT2D eigenvalue weighted by Crippen LogP contribution is 2.33. The van der Waals surface area contributed by atoms with Gasteiger partial charge in [0.25, 0.3) is 0 Å². The molecule has 0 N–H and O–H groups in total. The number of rotatable bonds is 2. The maximum Gasteiger partial charge on any atom is 0.416 e. The lowest BCUT2D eigenvalue weighted by Crippen LogP contribution is -2.09. The standard InChI is InChI=1S/C12H11F3/c1-3-4-5-10-7-6-9(2)8-11(10)12(13,14)15/h1,6-8H,4-5H2,2H3. The molecule has 0 unspecified atom stereocenters. The van der Waals surface area contributed by atoms with Crippen molar-refractivity contribution in [3.05, 3.63) is 34.9 Å². The van der Waals surface area contributed by atoms with Gasteiger partial charge in [0.2, 0.25) is 0 Å². The summed E-state index contributed by atoms with van der Waals surface area (Å²) in [6.45, 7) is 1.64. The molecule has 0 saturated heterocycles. The van der Waals surface area contributed by atoms with E-state index in [9.17, 15) is 13.2 Å². The summed E-state index contributed by atoms with van der Waals surface area (Å²) in [6.07, 6.45) is 1.33. The van der Waals surface area contributed by atoms with Gasteiger partial charge in [0, 0.05) is 6.42 Å². The van der Waals surface area contributed by atoms with E-state index in [4.69, 9.17) is 6.42 Å². The summed E-state index contributed by atoms with van der Waals surface area (Å²) in [6, 6.07) is 4.32. The molecule has 1 aromatic carbocycles. The van der Waals surface area contributed by atoms with Crippen LogP contribution in [-0.2, 0) is 12.6 Å². The molecule has 0 aliphatic heterocycles. The molecular weight excluding hydrogens is 201 g/mol. The summed E-state index contributed by atoms with van der Waals surface area (Å²) in [5, 5.41) is 0. The normalized spacial score (nSPS) is 11.1. The lowest BCUT2D eigenvalue weighted by molar-refractivity contribution is -0.138. The molecule has 3 heteroatoms. The van der Waals surface area contributed by atoms with E-state index in [1.165, 1.54) is 6.07 Å². The van der Waals surface area contributed by atoms with E-state index in [0.29, 0.717) is 12.0 Å². The highest BCUT2D eigenvalue weighted by Gasteiger charge is 2.32. The van der Waals surface area contributed by atoms with Crippen molar-refractivity contribution < 1.29 is 13.2 Å². The third-order valence-corrected chi connectivity index (χ3v) is 2.11. The second-order valence-corrected chi connectivity index (χ2v) is 3.36. The summed E-state index contributed by atoms with van der Waals surface area (Å²) >= 11 is 0. The van der Waals surface area contributed by atoms with Crippen LogP contribution in [0.15, 0.2) is 18.2 Å². The Morgan fingerprint density at radius 1 is 1.33 bits per heavy atom. The maximum absolute atomic E-state index is 12.6. The van der Waals surface area contributed by atoms with Crippen LogP contribution in [0.2, 0.25) is 0 Å². The Hall–Kier alpha value is -1.43. The van der Waals surface area contributed by atoms with Crippen LogP contribution in [0.1, 0.15) is 23.1 Å². The lowest BCUT2D eigenvalue weighted by Gasteiger charge is -2.12.